The molecule has 1 N–H and O–H groups in total. The minimum Gasteiger partial charge on any atom is -0.321 e. The zero-order chi connectivity index (χ0) is 17.6. The summed E-state index contributed by atoms with van der Waals surface area (Å²) in [6.07, 6.45) is 2.66. The van der Waals surface area contributed by atoms with E-state index in [1.807, 2.05) is 18.2 Å². The molecular weight excluding hydrogens is 380 g/mol. The standard InChI is InChI=1S/C19H23BrN4O/c1-23-10-12-24(13-11-23)9-8-15-2-5-17(6-3-15)22-19(25)18-7-4-16(20)14-21-18/h2-7,14H,8-13H2,1H3,(H,22,25). The van der Waals surface area contributed by atoms with Crippen LogP contribution in [-0.2, 0) is 6.42 Å². The molecule has 1 aromatic carbocycles. The molecule has 6 heteroatoms. The lowest BCUT2D eigenvalue weighted by molar-refractivity contribution is 0.102. The van der Waals surface area contributed by atoms with Crippen LogP contribution < -0.4 is 5.32 Å². The predicted octanol–water partition coefficient (Wildman–Crippen LogP) is 2.89. The molecule has 0 radical (unpaired) electrons. The summed E-state index contributed by atoms with van der Waals surface area (Å²) in [6.45, 7) is 5.67. The number of likely N-dealkylation sites (N-methyl/N-ethyl adjacent to an activating group) is 1. The first-order chi connectivity index (χ1) is 12.1. The van der Waals surface area contributed by atoms with Crippen LogP contribution in [0.2, 0.25) is 0 Å². The van der Waals surface area contributed by atoms with E-state index < -0.39 is 0 Å². The SMILES string of the molecule is CN1CCN(CCc2ccc(NC(=O)c3ccc(Br)cn3)cc2)CC1. The van der Waals surface area contributed by atoms with Crippen molar-refractivity contribution in [2.24, 2.45) is 0 Å². The second-order valence-electron chi connectivity index (χ2n) is 6.41. The smallest absolute Gasteiger partial charge is 0.274 e. The summed E-state index contributed by atoms with van der Waals surface area (Å²) in [5.41, 5.74) is 2.49. The molecule has 25 heavy (non-hydrogen) atoms. The molecule has 1 amide bonds. The van der Waals surface area contributed by atoms with E-state index in [1.165, 1.54) is 5.56 Å². The molecule has 2 aromatic rings. The van der Waals surface area contributed by atoms with Crippen molar-refractivity contribution >= 4 is 27.5 Å². The van der Waals surface area contributed by atoms with Gasteiger partial charge in [0.15, 0.2) is 0 Å². The second kappa shape index (κ2) is 8.56. The van der Waals surface area contributed by atoms with Gasteiger partial charge in [0.1, 0.15) is 5.69 Å². The highest BCUT2D eigenvalue weighted by Crippen LogP contribution is 2.13. The lowest BCUT2D eigenvalue weighted by Crippen LogP contribution is -2.45. The first-order valence-electron chi connectivity index (χ1n) is 8.53. The van der Waals surface area contributed by atoms with Gasteiger partial charge in [0.05, 0.1) is 0 Å². The Balaban J connectivity index is 1.50. The summed E-state index contributed by atoms with van der Waals surface area (Å²) in [5, 5.41) is 2.88. The summed E-state index contributed by atoms with van der Waals surface area (Å²) in [7, 11) is 2.17. The average Bonchev–Trinajstić information content (AvgIpc) is 2.63. The number of pyridine rings is 1. The molecule has 0 atom stereocenters. The number of piperazine rings is 1. The van der Waals surface area contributed by atoms with Crippen LogP contribution in [0.1, 0.15) is 16.1 Å². The summed E-state index contributed by atoms with van der Waals surface area (Å²) in [5.74, 6) is -0.197. The molecule has 1 aromatic heterocycles. The summed E-state index contributed by atoms with van der Waals surface area (Å²) < 4.78 is 0.855. The Kier molecular flexibility index (Phi) is 6.18. The zero-order valence-electron chi connectivity index (χ0n) is 14.4. The van der Waals surface area contributed by atoms with Crippen LogP contribution in [0.3, 0.4) is 0 Å². The first-order valence-corrected chi connectivity index (χ1v) is 9.32. The van der Waals surface area contributed by atoms with Crippen molar-refractivity contribution in [1.29, 1.82) is 0 Å². The van der Waals surface area contributed by atoms with Crippen molar-refractivity contribution in [2.75, 3.05) is 45.1 Å². The molecule has 1 aliphatic heterocycles. The Morgan fingerprint density at radius 3 is 2.48 bits per heavy atom. The lowest BCUT2D eigenvalue weighted by atomic mass is 10.1. The maximum absolute atomic E-state index is 12.2. The summed E-state index contributed by atoms with van der Waals surface area (Å²) in [4.78, 5) is 21.2. The molecule has 132 valence electrons. The minimum absolute atomic E-state index is 0.197. The third-order valence-electron chi connectivity index (χ3n) is 4.48. The van der Waals surface area contributed by atoms with Crippen LogP contribution in [0.5, 0.6) is 0 Å². The third-order valence-corrected chi connectivity index (χ3v) is 4.95. The van der Waals surface area contributed by atoms with Gasteiger partial charge in [-0.2, -0.15) is 0 Å². The third kappa shape index (κ3) is 5.36. The number of rotatable bonds is 5. The van der Waals surface area contributed by atoms with E-state index in [4.69, 9.17) is 0 Å². The highest BCUT2D eigenvalue weighted by molar-refractivity contribution is 9.10. The van der Waals surface area contributed by atoms with Gasteiger partial charge in [0.2, 0.25) is 0 Å². The highest BCUT2D eigenvalue weighted by Gasteiger charge is 2.13. The van der Waals surface area contributed by atoms with Crippen LogP contribution >= 0.6 is 15.9 Å². The van der Waals surface area contributed by atoms with Crippen molar-refractivity contribution in [2.45, 2.75) is 6.42 Å². The number of carbonyl (C=O) groups is 1. The Morgan fingerprint density at radius 1 is 1.12 bits per heavy atom. The largest absolute Gasteiger partial charge is 0.321 e. The molecule has 0 saturated carbocycles. The number of hydrogen-bond donors (Lipinski definition) is 1. The quantitative estimate of drug-likeness (QED) is 0.834. The topological polar surface area (TPSA) is 48.5 Å². The number of nitrogens with zero attached hydrogens (tertiary/aromatic N) is 3. The molecule has 0 spiro atoms. The van der Waals surface area contributed by atoms with Crippen LogP contribution in [0.4, 0.5) is 5.69 Å². The van der Waals surface area contributed by atoms with Gasteiger partial charge in [-0.25, -0.2) is 4.98 Å². The van der Waals surface area contributed by atoms with Crippen molar-refractivity contribution in [3.05, 3.63) is 58.3 Å². The van der Waals surface area contributed by atoms with E-state index in [1.54, 1.807) is 12.3 Å². The van der Waals surface area contributed by atoms with E-state index in [2.05, 4.69) is 55.2 Å². The van der Waals surface area contributed by atoms with E-state index in [0.717, 1.165) is 49.3 Å². The van der Waals surface area contributed by atoms with Gasteiger partial charge in [0.25, 0.3) is 5.91 Å². The van der Waals surface area contributed by atoms with E-state index in [0.29, 0.717) is 5.69 Å². The second-order valence-corrected chi connectivity index (χ2v) is 7.32. The van der Waals surface area contributed by atoms with Gasteiger partial charge in [-0.1, -0.05) is 12.1 Å². The van der Waals surface area contributed by atoms with Crippen molar-refractivity contribution in [1.82, 2.24) is 14.8 Å². The van der Waals surface area contributed by atoms with Gasteiger partial charge >= 0.3 is 0 Å². The molecule has 1 fully saturated rings. The molecule has 2 heterocycles. The maximum Gasteiger partial charge on any atom is 0.274 e. The molecule has 3 rings (SSSR count). The van der Waals surface area contributed by atoms with Gasteiger partial charge < -0.3 is 15.1 Å². The van der Waals surface area contributed by atoms with E-state index >= 15 is 0 Å². The average molecular weight is 403 g/mol. The Labute approximate surface area is 157 Å². The molecule has 0 aliphatic carbocycles. The molecule has 0 unspecified atom stereocenters. The fourth-order valence-electron chi connectivity index (χ4n) is 2.82. The number of aromatic nitrogens is 1. The number of halogens is 1. The Bertz CT molecular complexity index is 694. The van der Waals surface area contributed by atoms with Gasteiger partial charge in [-0.05, 0) is 59.2 Å². The number of anilines is 1. The summed E-state index contributed by atoms with van der Waals surface area (Å²) in [6, 6.07) is 11.6. The molecule has 0 bridgehead atoms. The van der Waals surface area contributed by atoms with Crippen LogP contribution in [-0.4, -0.2) is 60.5 Å². The fourth-order valence-corrected chi connectivity index (χ4v) is 3.05. The zero-order valence-corrected chi connectivity index (χ0v) is 16.0. The minimum atomic E-state index is -0.197. The predicted molar refractivity (Wildman–Crippen MR) is 104 cm³/mol. The molecule has 1 aliphatic rings. The number of hydrogen-bond acceptors (Lipinski definition) is 4. The maximum atomic E-state index is 12.2. The summed E-state index contributed by atoms with van der Waals surface area (Å²) >= 11 is 3.32. The van der Waals surface area contributed by atoms with Crippen molar-refractivity contribution in [3.63, 3.8) is 0 Å². The van der Waals surface area contributed by atoms with Gasteiger partial charge in [-0.15, -0.1) is 0 Å². The molecule has 1 saturated heterocycles. The van der Waals surface area contributed by atoms with Gasteiger partial charge in [0, 0.05) is 49.1 Å². The van der Waals surface area contributed by atoms with Crippen LogP contribution in [0, 0.1) is 0 Å². The van der Waals surface area contributed by atoms with Crippen LogP contribution in [0.25, 0.3) is 0 Å². The fraction of sp³-hybridized carbons (Fsp3) is 0.368. The highest BCUT2D eigenvalue weighted by atomic mass is 79.9. The Morgan fingerprint density at radius 2 is 1.84 bits per heavy atom. The number of nitrogens with one attached hydrogen (secondary N) is 1. The monoisotopic (exact) mass is 402 g/mol. The first kappa shape index (κ1) is 18.0. The molecular formula is C19H23BrN4O. The van der Waals surface area contributed by atoms with Crippen LogP contribution in [0.15, 0.2) is 47.1 Å². The Hall–Kier alpha value is -1.76. The normalized spacial score (nSPS) is 15.9. The van der Waals surface area contributed by atoms with E-state index in [9.17, 15) is 4.79 Å². The number of carbonyl (C=O) groups excluding carboxylic acids is 1. The van der Waals surface area contributed by atoms with Crippen molar-refractivity contribution in [3.8, 4) is 0 Å². The number of benzene rings is 1. The lowest BCUT2D eigenvalue weighted by Gasteiger charge is -2.32. The van der Waals surface area contributed by atoms with Crippen molar-refractivity contribution < 1.29 is 4.79 Å². The van der Waals surface area contributed by atoms with Gasteiger partial charge in [-0.3, -0.25) is 4.79 Å². The molecule has 5 nitrogen and oxygen atoms in total. The van der Waals surface area contributed by atoms with E-state index in [-0.39, 0.29) is 5.91 Å². The number of amides is 1.